The molecule has 0 radical (unpaired) electrons. The van der Waals surface area contributed by atoms with Crippen molar-refractivity contribution in [3.63, 3.8) is 0 Å². The average Bonchev–Trinajstić information content (AvgIpc) is 1.80. The Balaban J connectivity index is 0. The SMILES string of the molecule is C=CCOS(=O)(=O)O.CN(C)C. The van der Waals surface area contributed by atoms with Crippen LogP contribution < -0.4 is 0 Å². The quantitative estimate of drug-likeness (QED) is 0.516. The summed E-state index contributed by atoms with van der Waals surface area (Å²) in [7, 11) is 1.74. The van der Waals surface area contributed by atoms with Gasteiger partial charge in [0.15, 0.2) is 0 Å². The van der Waals surface area contributed by atoms with E-state index in [2.05, 4.69) is 10.8 Å². The minimum atomic E-state index is -4.26. The Morgan fingerprint density at radius 1 is 1.50 bits per heavy atom. The lowest BCUT2D eigenvalue weighted by molar-refractivity contribution is 0.296. The summed E-state index contributed by atoms with van der Waals surface area (Å²) in [6.07, 6.45) is 1.22. The van der Waals surface area contributed by atoms with Gasteiger partial charge in [0.25, 0.3) is 0 Å². The maximum absolute atomic E-state index is 9.68. The van der Waals surface area contributed by atoms with Gasteiger partial charge >= 0.3 is 10.4 Å². The van der Waals surface area contributed by atoms with E-state index < -0.39 is 10.4 Å². The minimum absolute atomic E-state index is 0.196. The van der Waals surface area contributed by atoms with Gasteiger partial charge in [0, 0.05) is 0 Å². The van der Waals surface area contributed by atoms with Crippen LogP contribution in [0.3, 0.4) is 0 Å². The van der Waals surface area contributed by atoms with Crippen LogP contribution in [-0.2, 0) is 14.6 Å². The van der Waals surface area contributed by atoms with Crippen molar-refractivity contribution in [2.75, 3.05) is 27.7 Å². The summed E-state index contributed by atoms with van der Waals surface area (Å²) in [4.78, 5) is 2.00. The zero-order chi connectivity index (χ0) is 10.2. The maximum atomic E-state index is 9.68. The first-order valence-electron chi connectivity index (χ1n) is 3.13. The van der Waals surface area contributed by atoms with Crippen LogP contribution >= 0.6 is 0 Å². The molecule has 0 aromatic rings. The Morgan fingerprint density at radius 3 is 1.92 bits per heavy atom. The number of nitrogens with zero attached hydrogens (tertiary/aromatic N) is 1. The van der Waals surface area contributed by atoms with Gasteiger partial charge in [-0.3, -0.25) is 4.55 Å². The van der Waals surface area contributed by atoms with Crippen molar-refractivity contribution < 1.29 is 17.2 Å². The molecule has 0 saturated heterocycles. The summed E-state index contributed by atoms with van der Waals surface area (Å²) < 4.78 is 31.0. The van der Waals surface area contributed by atoms with E-state index in [9.17, 15) is 8.42 Å². The fraction of sp³-hybridized carbons (Fsp3) is 0.667. The molecule has 5 nitrogen and oxygen atoms in total. The Morgan fingerprint density at radius 2 is 1.83 bits per heavy atom. The molecule has 0 aliphatic heterocycles. The van der Waals surface area contributed by atoms with Crippen molar-refractivity contribution in [1.29, 1.82) is 0 Å². The van der Waals surface area contributed by atoms with Gasteiger partial charge in [-0.1, -0.05) is 6.08 Å². The van der Waals surface area contributed by atoms with Crippen molar-refractivity contribution in [1.82, 2.24) is 4.90 Å². The van der Waals surface area contributed by atoms with Gasteiger partial charge in [0.2, 0.25) is 0 Å². The Kier molecular flexibility index (Phi) is 8.51. The summed E-state index contributed by atoms with van der Waals surface area (Å²) in [5.41, 5.74) is 0. The molecule has 0 aliphatic carbocycles. The molecular weight excluding hydrogens is 182 g/mol. The van der Waals surface area contributed by atoms with Crippen molar-refractivity contribution in [2.45, 2.75) is 0 Å². The van der Waals surface area contributed by atoms with E-state index in [0.717, 1.165) is 0 Å². The summed E-state index contributed by atoms with van der Waals surface area (Å²) >= 11 is 0. The first-order valence-corrected chi connectivity index (χ1v) is 4.49. The first-order chi connectivity index (χ1) is 5.29. The van der Waals surface area contributed by atoms with Crippen LogP contribution in [0.4, 0.5) is 0 Å². The molecule has 0 atom stereocenters. The average molecular weight is 197 g/mol. The van der Waals surface area contributed by atoms with Crippen LogP contribution in [0, 0.1) is 0 Å². The second-order valence-electron chi connectivity index (χ2n) is 2.34. The highest BCUT2D eigenvalue weighted by Crippen LogP contribution is 1.83. The Hall–Kier alpha value is -0.430. The molecule has 0 unspecified atom stereocenters. The monoisotopic (exact) mass is 197 g/mol. The van der Waals surface area contributed by atoms with E-state index in [-0.39, 0.29) is 6.61 Å². The zero-order valence-electron chi connectivity index (χ0n) is 7.52. The molecule has 0 spiro atoms. The van der Waals surface area contributed by atoms with E-state index in [4.69, 9.17) is 4.55 Å². The molecule has 0 heterocycles. The molecule has 0 aliphatic rings. The molecule has 0 saturated carbocycles. The highest BCUT2D eigenvalue weighted by atomic mass is 32.3. The number of hydrogen-bond acceptors (Lipinski definition) is 4. The van der Waals surface area contributed by atoms with Crippen molar-refractivity contribution in [3.05, 3.63) is 12.7 Å². The molecule has 6 heteroatoms. The fourth-order valence-electron chi connectivity index (χ4n) is 0.134. The van der Waals surface area contributed by atoms with Gasteiger partial charge in [-0.25, -0.2) is 4.18 Å². The van der Waals surface area contributed by atoms with Crippen LogP contribution in [0.2, 0.25) is 0 Å². The van der Waals surface area contributed by atoms with Crippen LogP contribution in [0.1, 0.15) is 0 Å². The van der Waals surface area contributed by atoms with E-state index in [1.165, 1.54) is 6.08 Å². The first kappa shape index (κ1) is 14.1. The van der Waals surface area contributed by atoms with Gasteiger partial charge in [-0.05, 0) is 21.1 Å². The molecule has 0 rings (SSSR count). The van der Waals surface area contributed by atoms with Crippen molar-refractivity contribution >= 4 is 10.4 Å². The normalized spacial score (nSPS) is 10.4. The molecule has 0 aromatic heterocycles. The highest BCUT2D eigenvalue weighted by molar-refractivity contribution is 7.80. The summed E-state index contributed by atoms with van der Waals surface area (Å²) in [6.45, 7) is 2.97. The van der Waals surface area contributed by atoms with Crippen LogP contribution in [-0.4, -0.2) is 45.6 Å². The second-order valence-corrected chi connectivity index (χ2v) is 3.43. The summed E-state index contributed by atoms with van der Waals surface area (Å²) in [6, 6.07) is 0. The fourth-order valence-corrected chi connectivity index (χ4v) is 0.402. The van der Waals surface area contributed by atoms with Gasteiger partial charge < -0.3 is 4.90 Å². The van der Waals surface area contributed by atoms with E-state index >= 15 is 0 Å². The van der Waals surface area contributed by atoms with Crippen LogP contribution in [0.25, 0.3) is 0 Å². The molecule has 0 aromatic carbocycles. The topological polar surface area (TPSA) is 66.8 Å². The van der Waals surface area contributed by atoms with Crippen molar-refractivity contribution in [3.8, 4) is 0 Å². The lowest BCUT2D eigenvalue weighted by atomic mass is 10.7. The predicted octanol–water partition coefficient (Wildman–Crippen LogP) is 0.170. The predicted molar refractivity (Wildman–Crippen MR) is 47.3 cm³/mol. The number of hydrogen-bond donors (Lipinski definition) is 1. The van der Waals surface area contributed by atoms with Gasteiger partial charge in [-0.15, -0.1) is 6.58 Å². The van der Waals surface area contributed by atoms with E-state index in [1.807, 2.05) is 26.0 Å². The van der Waals surface area contributed by atoms with Crippen LogP contribution in [0.15, 0.2) is 12.7 Å². The standard InChI is InChI=1S/C3H9N.C3H6O4S/c1-4(2)3;1-2-3-7-8(4,5)6/h1-3H3;2H,1,3H2,(H,4,5,6). The third-order valence-corrected chi connectivity index (χ3v) is 0.769. The number of rotatable bonds is 3. The zero-order valence-corrected chi connectivity index (χ0v) is 8.34. The highest BCUT2D eigenvalue weighted by Gasteiger charge is 1.99. The van der Waals surface area contributed by atoms with Gasteiger partial charge in [-0.2, -0.15) is 8.42 Å². The van der Waals surface area contributed by atoms with E-state index in [0.29, 0.717) is 0 Å². The molecular formula is C6H15NO4S. The molecule has 0 amide bonds. The van der Waals surface area contributed by atoms with Crippen LogP contribution in [0.5, 0.6) is 0 Å². The van der Waals surface area contributed by atoms with Gasteiger partial charge in [0.05, 0.1) is 6.61 Å². The summed E-state index contributed by atoms with van der Waals surface area (Å²) in [5, 5.41) is 0. The Bertz CT molecular complexity index is 195. The smallest absolute Gasteiger partial charge is 0.312 e. The third kappa shape index (κ3) is 33.7. The van der Waals surface area contributed by atoms with Gasteiger partial charge in [0.1, 0.15) is 0 Å². The lowest BCUT2D eigenvalue weighted by Crippen LogP contribution is -2.02. The summed E-state index contributed by atoms with van der Waals surface area (Å²) in [5.74, 6) is 0. The Labute approximate surface area is 73.6 Å². The largest absolute Gasteiger partial charge is 0.397 e. The molecule has 12 heavy (non-hydrogen) atoms. The van der Waals surface area contributed by atoms with E-state index in [1.54, 1.807) is 0 Å². The molecule has 0 bridgehead atoms. The lowest BCUT2D eigenvalue weighted by Gasteiger charge is -1.90. The third-order valence-electron chi connectivity index (χ3n) is 0.335. The van der Waals surface area contributed by atoms with Crippen molar-refractivity contribution in [2.24, 2.45) is 0 Å². The maximum Gasteiger partial charge on any atom is 0.397 e. The second kappa shape index (κ2) is 7.23. The molecule has 1 N–H and O–H groups in total. The molecule has 74 valence electrons. The minimum Gasteiger partial charge on any atom is -0.312 e. The molecule has 0 fully saturated rings.